The Hall–Kier alpha value is -0.610. The minimum absolute atomic E-state index is 0.207. The summed E-state index contributed by atoms with van der Waals surface area (Å²) in [6, 6.07) is 0.539. The molecule has 3 aliphatic heterocycles. The number of amides is 1. The van der Waals surface area contributed by atoms with E-state index in [9.17, 15) is 4.79 Å². The summed E-state index contributed by atoms with van der Waals surface area (Å²) in [5, 5.41) is 3.44. The van der Waals surface area contributed by atoms with Gasteiger partial charge in [0.1, 0.15) is 0 Å². The molecule has 0 spiro atoms. The van der Waals surface area contributed by atoms with Gasteiger partial charge in [0.25, 0.3) is 0 Å². The molecule has 1 amide bonds. The van der Waals surface area contributed by atoms with Crippen LogP contribution in [0.1, 0.15) is 19.8 Å². The highest BCUT2D eigenvalue weighted by molar-refractivity contribution is 5.77. The molecule has 1 unspecified atom stereocenters. The molecule has 2 bridgehead atoms. The molecule has 4 heteroatoms. The van der Waals surface area contributed by atoms with Crippen LogP contribution in [-0.2, 0) is 4.79 Å². The number of piperidine rings is 3. The molecule has 0 radical (unpaired) electrons. The summed E-state index contributed by atoms with van der Waals surface area (Å²) in [5.41, 5.74) is 0. The fourth-order valence-electron chi connectivity index (χ4n) is 2.73. The summed E-state index contributed by atoms with van der Waals surface area (Å²) >= 11 is 0. The van der Waals surface area contributed by atoms with Crippen LogP contribution < -0.4 is 5.32 Å². The Morgan fingerprint density at radius 2 is 2.12 bits per heavy atom. The molecule has 0 aromatic rings. The minimum atomic E-state index is 0.207. The van der Waals surface area contributed by atoms with E-state index in [2.05, 4.69) is 10.2 Å². The van der Waals surface area contributed by atoms with Crippen LogP contribution in [0.3, 0.4) is 0 Å². The molecule has 0 saturated carbocycles. The second-order valence-electron chi connectivity index (χ2n) is 5.03. The average Bonchev–Trinajstić information content (AvgIpc) is 2.36. The molecule has 3 saturated heterocycles. The summed E-state index contributed by atoms with van der Waals surface area (Å²) in [4.78, 5) is 16.0. The number of hydrogen-bond acceptors (Lipinski definition) is 3. The van der Waals surface area contributed by atoms with Crippen molar-refractivity contribution in [3.05, 3.63) is 0 Å². The normalized spacial score (nSPS) is 32.8. The molecule has 3 rings (SSSR count). The fourth-order valence-corrected chi connectivity index (χ4v) is 2.73. The SMILES string of the molecule is CCN(C)C(=O)CNC1CN2CCC1CC2. The highest BCUT2D eigenvalue weighted by atomic mass is 16.2. The topological polar surface area (TPSA) is 35.6 Å². The minimum Gasteiger partial charge on any atom is -0.345 e. The van der Waals surface area contributed by atoms with Crippen LogP contribution in [0.25, 0.3) is 0 Å². The molecule has 3 fully saturated rings. The van der Waals surface area contributed by atoms with Crippen molar-refractivity contribution in [1.29, 1.82) is 0 Å². The molecular weight excluding hydrogens is 202 g/mol. The Morgan fingerprint density at radius 1 is 1.44 bits per heavy atom. The van der Waals surface area contributed by atoms with Gasteiger partial charge in [-0.05, 0) is 38.8 Å². The maximum absolute atomic E-state index is 11.7. The van der Waals surface area contributed by atoms with Gasteiger partial charge in [0, 0.05) is 26.2 Å². The fraction of sp³-hybridized carbons (Fsp3) is 0.917. The number of nitrogens with one attached hydrogen (secondary N) is 1. The number of fused-ring (bicyclic) bond motifs is 3. The highest BCUT2D eigenvalue weighted by Gasteiger charge is 2.33. The number of carbonyl (C=O) groups is 1. The maximum Gasteiger partial charge on any atom is 0.236 e. The van der Waals surface area contributed by atoms with Crippen LogP contribution in [0.15, 0.2) is 0 Å². The van der Waals surface area contributed by atoms with Gasteiger partial charge >= 0.3 is 0 Å². The summed E-state index contributed by atoms with van der Waals surface area (Å²) in [6.07, 6.45) is 2.60. The van der Waals surface area contributed by atoms with Crippen LogP contribution in [0.2, 0.25) is 0 Å². The lowest BCUT2D eigenvalue weighted by Crippen LogP contribution is -2.57. The number of likely N-dealkylation sites (N-methyl/N-ethyl adjacent to an activating group) is 1. The predicted molar refractivity (Wildman–Crippen MR) is 64.3 cm³/mol. The van der Waals surface area contributed by atoms with Gasteiger partial charge in [-0.1, -0.05) is 0 Å². The predicted octanol–water partition coefficient (Wildman–Crippen LogP) is 0.149. The quantitative estimate of drug-likeness (QED) is 0.740. The van der Waals surface area contributed by atoms with Gasteiger partial charge in [0.15, 0.2) is 0 Å². The summed E-state index contributed by atoms with van der Waals surface area (Å²) in [5.74, 6) is 1.00. The molecular formula is C12H23N3O. The number of hydrogen-bond donors (Lipinski definition) is 1. The summed E-state index contributed by atoms with van der Waals surface area (Å²) in [6.45, 7) is 6.94. The van der Waals surface area contributed by atoms with Gasteiger partial charge in [-0.25, -0.2) is 0 Å². The van der Waals surface area contributed by atoms with E-state index in [-0.39, 0.29) is 5.91 Å². The van der Waals surface area contributed by atoms with Crippen molar-refractivity contribution in [1.82, 2.24) is 15.1 Å². The zero-order valence-electron chi connectivity index (χ0n) is 10.4. The molecule has 3 heterocycles. The first-order valence-corrected chi connectivity index (χ1v) is 6.40. The van der Waals surface area contributed by atoms with E-state index in [1.807, 2.05) is 14.0 Å². The first kappa shape index (κ1) is 11.9. The first-order chi connectivity index (χ1) is 7.70. The monoisotopic (exact) mass is 225 g/mol. The molecule has 0 aliphatic carbocycles. The second-order valence-corrected chi connectivity index (χ2v) is 5.03. The molecule has 1 N–H and O–H groups in total. The largest absolute Gasteiger partial charge is 0.345 e. The third-order valence-electron chi connectivity index (χ3n) is 4.07. The van der Waals surface area contributed by atoms with Crippen LogP contribution in [0, 0.1) is 5.92 Å². The van der Waals surface area contributed by atoms with Gasteiger partial charge in [-0.15, -0.1) is 0 Å². The molecule has 1 atom stereocenters. The zero-order chi connectivity index (χ0) is 11.5. The van der Waals surface area contributed by atoms with E-state index in [0.717, 1.165) is 19.0 Å². The van der Waals surface area contributed by atoms with Crippen molar-refractivity contribution in [2.24, 2.45) is 5.92 Å². The lowest BCUT2D eigenvalue weighted by atomic mass is 9.84. The van der Waals surface area contributed by atoms with Gasteiger partial charge in [-0.2, -0.15) is 0 Å². The van der Waals surface area contributed by atoms with Crippen molar-refractivity contribution in [2.45, 2.75) is 25.8 Å². The van der Waals surface area contributed by atoms with E-state index in [1.54, 1.807) is 4.90 Å². The Labute approximate surface area is 98.0 Å². The van der Waals surface area contributed by atoms with Crippen molar-refractivity contribution in [3.8, 4) is 0 Å². The van der Waals surface area contributed by atoms with Crippen LogP contribution in [-0.4, -0.2) is 61.5 Å². The Balaban J connectivity index is 1.76. The highest BCUT2D eigenvalue weighted by Crippen LogP contribution is 2.27. The summed E-state index contributed by atoms with van der Waals surface area (Å²) < 4.78 is 0. The third kappa shape index (κ3) is 2.55. The number of carbonyl (C=O) groups excluding carboxylic acids is 1. The van der Waals surface area contributed by atoms with E-state index in [1.165, 1.54) is 25.9 Å². The number of nitrogens with zero attached hydrogens (tertiary/aromatic N) is 2. The molecule has 3 aliphatic rings. The summed E-state index contributed by atoms with van der Waals surface area (Å²) in [7, 11) is 1.86. The standard InChI is InChI=1S/C12H23N3O/c1-3-14(2)12(16)8-13-11-9-15-6-4-10(11)5-7-15/h10-11,13H,3-9H2,1-2H3. The maximum atomic E-state index is 11.7. The van der Waals surface area contributed by atoms with Crippen molar-refractivity contribution >= 4 is 5.91 Å². The molecule has 4 nitrogen and oxygen atoms in total. The van der Waals surface area contributed by atoms with Crippen molar-refractivity contribution < 1.29 is 4.79 Å². The molecule has 92 valence electrons. The van der Waals surface area contributed by atoms with E-state index in [0.29, 0.717) is 12.6 Å². The zero-order valence-corrected chi connectivity index (χ0v) is 10.4. The Bertz CT molecular complexity index is 249. The molecule has 16 heavy (non-hydrogen) atoms. The van der Waals surface area contributed by atoms with Crippen molar-refractivity contribution in [2.75, 3.05) is 39.8 Å². The van der Waals surface area contributed by atoms with Gasteiger partial charge in [0.05, 0.1) is 6.54 Å². The van der Waals surface area contributed by atoms with E-state index in [4.69, 9.17) is 0 Å². The van der Waals surface area contributed by atoms with Crippen LogP contribution in [0.4, 0.5) is 0 Å². The first-order valence-electron chi connectivity index (χ1n) is 6.40. The second kappa shape index (κ2) is 5.15. The lowest BCUT2D eigenvalue weighted by Gasteiger charge is -2.45. The Kier molecular flexibility index (Phi) is 3.82. The van der Waals surface area contributed by atoms with Crippen molar-refractivity contribution in [3.63, 3.8) is 0 Å². The Morgan fingerprint density at radius 3 is 2.62 bits per heavy atom. The van der Waals surface area contributed by atoms with Crippen LogP contribution >= 0.6 is 0 Å². The third-order valence-corrected chi connectivity index (χ3v) is 4.07. The number of rotatable bonds is 4. The lowest BCUT2D eigenvalue weighted by molar-refractivity contribution is -0.129. The van der Waals surface area contributed by atoms with Gasteiger partial charge < -0.3 is 15.1 Å². The van der Waals surface area contributed by atoms with E-state index >= 15 is 0 Å². The van der Waals surface area contributed by atoms with Gasteiger partial charge in [0.2, 0.25) is 5.91 Å². The van der Waals surface area contributed by atoms with Crippen LogP contribution in [0.5, 0.6) is 0 Å². The van der Waals surface area contributed by atoms with Gasteiger partial charge in [-0.3, -0.25) is 4.79 Å². The van der Waals surface area contributed by atoms with E-state index < -0.39 is 0 Å². The average molecular weight is 225 g/mol. The smallest absolute Gasteiger partial charge is 0.236 e. The molecule has 0 aromatic heterocycles. The molecule has 0 aromatic carbocycles.